The van der Waals surface area contributed by atoms with Crippen LogP contribution < -0.4 is 5.32 Å². The van der Waals surface area contributed by atoms with E-state index < -0.39 is 17.1 Å². The number of phenolic OH excluding ortho intramolecular Hbond substituents is 1. The van der Waals surface area contributed by atoms with Gasteiger partial charge in [-0.1, -0.05) is 33.6 Å². The fourth-order valence-corrected chi connectivity index (χ4v) is 3.61. The van der Waals surface area contributed by atoms with Gasteiger partial charge < -0.3 is 10.4 Å². The van der Waals surface area contributed by atoms with Crippen LogP contribution in [0.2, 0.25) is 0 Å². The number of anilines is 1. The highest BCUT2D eigenvalue weighted by atomic mass is 79.9. The molecule has 0 radical (unpaired) electrons. The molecule has 1 aliphatic rings. The highest BCUT2D eigenvalue weighted by Gasteiger charge is 2.36. The van der Waals surface area contributed by atoms with Gasteiger partial charge >= 0.3 is 0 Å². The molecule has 2 N–H and O–H groups in total. The molecule has 0 aliphatic carbocycles. The standard InChI is InChI=1S/C19H15BrN2O4S/c1-11-2-5-14(6-3-11)21-17(24)10-22-18(25)16(27-19(22)26)9-12-8-13(20)4-7-15(12)23/h2-9,23H,10H2,1H3,(H,21,24)/b16-9-. The van der Waals surface area contributed by atoms with Crippen LogP contribution in [-0.4, -0.2) is 33.6 Å². The molecule has 1 aliphatic heterocycles. The normalized spacial score (nSPS) is 15.5. The maximum atomic E-state index is 12.5. The minimum atomic E-state index is -0.566. The minimum Gasteiger partial charge on any atom is -0.507 e. The van der Waals surface area contributed by atoms with Gasteiger partial charge in [0.1, 0.15) is 12.3 Å². The number of hydrogen-bond acceptors (Lipinski definition) is 5. The lowest BCUT2D eigenvalue weighted by molar-refractivity contribution is -0.127. The molecule has 2 aromatic carbocycles. The number of carbonyl (C=O) groups is 3. The van der Waals surface area contributed by atoms with Crippen LogP contribution in [0.1, 0.15) is 11.1 Å². The summed E-state index contributed by atoms with van der Waals surface area (Å²) in [7, 11) is 0. The summed E-state index contributed by atoms with van der Waals surface area (Å²) >= 11 is 4.02. The molecule has 1 fully saturated rings. The van der Waals surface area contributed by atoms with Gasteiger partial charge in [-0.2, -0.15) is 0 Å². The van der Waals surface area contributed by atoms with Crippen LogP contribution in [0.25, 0.3) is 6.08 Å². The number of imide groups is 1. The van der Waals surface area contributed by atoms with E-state index in [1.54, 1.807) is 24.3 Å². The average molecular weight is 447 g/mol. The van der Waals surface area contributed by atoms with E-state index in [9.17, 15) is 19.5 Å². The van der Waals surface area contributed by atoms with Crippen molar-refractivity contribution < 1.29 is 19.5 Å². The number of amides is 3. The molecule has 0 aromatic heterocycles. The lowest BCUT2D eigenvalue weighted by Crippen LogP contribution is -2.36. The first-order valence-corrected chi connectivity index (χ1v) is 9.55. The molecule has 3 amide bonds. The third kappa shape index (κ3) is 4.58. The second-order valence-electron chi connectivity index (χ2n) is 5.89. The maximum absolute atomic E-state index is 12.5. The number of aryl methyl sites for hydroxylation is 1. The van der Waals surface area contributed by atoms with Crippen LogP contribution in [0, 0.1) is 6.92 Å². The second kappa shape index (κ2) is 7.98. The summed E-state index contributed by atoms with van der Waals surface area (Å²) in [6, 6.07) is 12.0. The van der Waals surface area contributed by atoms with Gasteiger partial charge in [-0.05, 0) is 55.1 Å². The number of halogens is 1. The van der Waals surface area contributed by atoms with E-state index in [4.69, 9.17) is 0 Å². The molecular weight excluding hydrogens is 432 g/mol. The largest absolute Gasteiger partial charge is 0.507 e. The van der Waals surface area contributed by atoms with Crippen molar-refractivity contribution in [1.82, 2.24) is 4.90 Å². The van der Waals surface area contributed by atoms with Gasteiger partial charge in [-0.15, -0.1) is 0 Å². The topological polar surface area (TPSA) is 86.7 Å². The molecule has 6 nitrogen and oxygen atoms in total. The lowest BCUT2D eigenvalue weighted by atomic mass is 10.2. The smallest absolute Gasteiger partial charge is 0.294 e. The minimum absolute atomic E-state index is 0.0119. The van der Waals surface area contributed by atoms with Gasteiger partial charge in [-0.3, -0.25) is 19.3 Å². The summed E-state index contributed by atoms with van der Waals surface area (Å²) in [4.78, 5) is 37.8. The molecule has 2 aromatic rings. The van der Waals surface area contributed by atoms with Gasteiger partial charge in [0.15, 0.2) is 0 Å². The van der Waals surface area contributed by atoms with Crippen molar-refractivity contribution in [3.63, 3.8) is 0 Å². The number of hydrogen-bond donors (Lipinski definition) is 2. The van der Waals surface area contributed by atoms with Crippen molar-refractivity contribution in [3.05, 3.63) is 63.0 Å². The number of nitrogens with one attached hydrogen (secondary N) is 1. The number of rotatable bonds is 4. The zero-order valence-electron chi connectivity index (χ0n) is 14.2. The monoisotopic (exact) mass is 446 g/mol. The van der Waals surface area contributed by atoms with Crippen molar-refractivity contribution in [2.45, 2.75) is 6.92 Å². The van der Waals surface area contributed by atoms with Gasteiger partial charge in [-0.25, -0.2) is 0 Å². The third-order valence-corrected chi connectivity index (χ3v) is 5.19. The predicted octanol–water partition coefficient (Wildman–Crippen LogP) is 4.14. The average Bonchev–Trinajstić information content (AvgIpc) is 2.87. The number of aromatic hydroxyl groups is 1. The van der Waals surface area contributed by atoms with Gasteiger partial charge in [0.05, 0.1) is 4.91 Å². The van der Waals surface area contributed by atoms with E-state index in [1.165, 1.54) is 12.1 Å². The summed E-state index contributed by atoms with van der Waals surface area (Å²) < 4.78 is 0.725. The Hall–Kier alpha value is -2.58. The number of benzene rings is 2. The Labute approximate surface area is 168 Å². The summed E-state index contributed by atoms with van der Waals surface area (Å²) in [6.45, 7) is 1.56. The third-order valence-electron chi connectivity index (χ3n) is 3.79. The number of phenols is 1. The quantitative estimate of drug-likeness (QED) is 0.689. The van der Waals surface area contributed by atoms with E-state index in [0.717, 1.165) is 26.7 Å². The molecule has 0 atom stereocenters. The second-order valence-corrected chi connectivity index (χ2v) is 7.79. The van der Waals surface area contributed by atoms with E-state index in [-0.39, 0.29) is 17.2 Å². The molecule has 138 valence electrons. The Bertz CT molecular complexity index is 957. The first-order chi connectivity index (χ1) is 12.8. The molecule has 1 heterocycles. The van der Waals surface area contributed by atoms with Crippen LogP contribution in [0.15, 0.2) is 51.8 Å². The Morgan fingerprint density at radius 3 is 2.63 bits per heavy atom. The summed E-state index contributed by atoms with van der Waals surface area (Å²) in [5, 5.41) is 12.0. The summed E-state index contributed by atoms with van der Waals surface area (Å²) in [5.41, 5.74) is 2.05. The number of thioether (sulfide) groups is 1. The molecule has 0 saturated carbocycles. The van der Waals surface area contributed by atoms with Crippen LogP contribution in [0.5, 0.6) is 5.75 Å². The van der Waals surface area contributed by atoms with Crippen molar-refractivity contribution in [2.24, 2.45) is 0 Å². The first-order valence-electron chi connectivity index (χ1n) is 7.94. The zero-order chi connectivity index (χ0) is 19.6. The van der Waals surface area contributed by atoms with E-state index in [2.05, 4.69) is 21.2 Å². The SMILES string of the molecule is Cc1ccc(NC(=O)CN2C(=O)S/C(=C\c3cc(Br)ccc3O)C2=O)cc1. The van der Waals surface area contributed by atoms with E-state index >= 15 is 0 Å². The molecule has 0 unspecified atom stereocenters. The Morgan fingerprint density at radius 2 is 1.93 bits per heavy atom. The van der Waals surface area contributed by atoms with Crippen LogP contribution >= 0.6 is 27.7 Å². The molecule has 8 heteroatoms. The molecule has 1 saturated heterocycles. The molecule has 27 heavy (non-hydrogen) atoms. The van der Waals surface area contributed by atoms with Crippen molar-refractivity contribution in [3.8, 4) is 5.75 Å². The summed E-state index contributed by atoms with van der Waals surface area (Å²) in [5.74, 6) is -1.04. The highest BCUT2D eigenvalue weighted by molar-refractivity contribution is 9.10. The Kier molecular flexibility index (Phi) is 5.67. The van der Waals surface area contributed by atoms with Crippen molar-refractivity contribution in [1.29, 1.82) is 0 Å². The van der Waals surface area contributed by atoms with Gasteiger partial charge in [0.2, 0.25) is 5.91 Å². The maximum Gasteiger partial charge on any atom is 0.294 e. The fraction of sp³-hybridized carbons (Fsp3) is 0.105. The lowest BCUT2D eigenvalue weighted by Gasteiger charge is -2.12. The van der Waals surface area contributed by atoms with E-state index in [1.807, 2.05) is 19.1 Å². The molecule has 0 bridgehead atoms. The van der Waals surface area contributed by atoms with Crippen molar-refractivity contribution in [2.75, 3.05) is 11.9 Å². The Morgan fingerprint density at radius 1 is 1.22 bits per heavy atom. The first kappa shape index (κ1) is 19.2. The van der Waals surface area contributed by atoms with Gasteiger partial charge in [0, 0.05) is 15.7 Å². The van der Waals surface area contributed by atoms with Crippen LogP contribution in [-0.2, 0) is 9.59 Å². The molecule has 0 spiro atoms. The molecule has 3 rings (SSSR count). The predicted molar refractivity (Wildman–Crippen MR) is 108 cm³/mol. The molecular formula is C19H15BrN2O4S. The Balaban J connectivity index is 1.72. The van der Waals surface area contributed by atoms with Crippen molar-refractivity contribution >= 4 is 56.5 Å². The van der Waals surface area contributed by atoms with Crippen LogP contribution in [0.4, 0.5) is 10.5 Å². The van der Waals surface area contributed by atoms with E-state index in [0.29, 0.717) is 11.3 Å². The number of carbonyl (C=O) groups excluding carboxylic acids is 3. The van der Waals surface area contributed by atoms with Gasteiger partial charge in [0.25, 0.3) is 11.1 Å². The fourth-order valence-electron chi connectivity index (χ4n) is 2.40. The zero-order valence-corrected chi connectivity index (χ0v) is 16.6. The summed E-state index contributed by atoms with van der Waals surface area (Å²) in [6.07, 6.45) is 1.43. The van der Waals surface area contributed by atoms with Crippen LogP contribution in [0.3, 0.4) is 0 Å². The number of nitrogens with zero attached hydrogens (tertiary/aromatic N) is 1. The highest BCUT2D eigenvalue weighted by Crippen LogP contribution is 2.34.